The van der Waals surface area contributed by atoms with Gasteiger partial charge in [-0.15, -0.1) is 0 Å². The van der Waals surface area contributed by atoms with Crippen molar-refractivity contribution < 1.29 is 21.6 Å². The van der Waals surface area contributed by atoms with Gasteiger partial charge in [0.15, 0.2) is 0 Å². The van der Waals surface area contributed by atoms with Crippen LogP contribution in [0.15, 0.2) is 48.8 Å². The van der Waals surface area contributed by atoms with Gasteiger partial charge in [-0.2, -0.15) is 13.9 Å². The molecule has 0 aliphatic rings. The van der Waals surface area contributed by atoms with Gasteiger partial charge in [0.25, 0.3) is 0 Å². The standard InChI is InChI=1S/C18H18F3N5O2S/c1-22-29(27,28)9-7-23-17-11-24-16(12-2-4-13(19)5-3-12)10-14(17)15-6-8-26(25-15)18(20)21/h2-6,8,10-11,18,22-23H,7,9H2,1H3. The van der Waals surface area contributed by atoms with Crippen LogP contribution in [0.3, 0.4) is 0 Å². The predicted octanol–water partition coefficient (Wildman–Crippen LogP) is 3.11. The van der Waals surface area contributed by atoms with E-state index in [0.29, 0.717) is 27.2 Å². The minimum absolute atomic E-state index is 0.0727. The lowest BCUT2D eigenvalue weighted by Gasteiger charge is -2.12. The van der Waals surface area contributed by atoms with Gasteiger partial charge < -0.3 is 5.32 Å². The van der Waals surface area contributed by atoms with Crippen molar-refractivity contribution in [2.75, 3.05) is 24.7 Å². The molecule has 0 amide bonds. The largest absolute Gasteiger partial charge is 0.382 e. The van der Waals surface area contributed by atoms with Gasteiger partial charge in [0.1, 0.15) is 5.82 Å². The van der Waals surface area contributed by atoms with Crippen LogP contribution in [0.2, 0.25) is 0 Å². The first-order valence-electron chi connectivity index (χ1n) is 8.54. The van der Waals surface area contributed by atoms with Crippen molar-refractivity contribution in [1.82, 2.24) is 19.5 Å². The Labute approximate surface area is 165 Å². The Morgan fingerprint density at radius 2 is 1.86 bits per heavy atom. The highest BCUT2D eigenvalue weighted by Crippen LogP contribution is 2.31. The molecule has 3 aromatic rings. The number of rotatable bonds is 8. The number of hydrogen-bond donors (Lipinski definition) is 2. The molecule has 0 aliphatic carbocycles. The van der Waals surface area contributed by atoms with Gasteiger partial charge in [-0.25, -0.2) is 22.2 Å². The summed E-state index contributed by atoms with van der Waals surface area (Å²) in [6, 6.07) is 8.72. The molecule has 0 bridgehead atoms. The van der Waals surface area contributed by atoms with Gasteiger partial charge in [0, 0.05) is 23.9 Å². The van der Waals surface area contributed by atoms with Crippen LogP contribution >= 0.6 is 0 Å². The monoisotopic (exact) mass is 425 g/mol. The maximum absolute atomic E-state index is 13.2. The second-order valence-corrected chi connectivity index (χ2v) is 8.08. The minimum Gasteiger partial charge on any atom is -0.382 e. The molecule has 0 aliphatic heterocycles. The lowest BCUT2D eigenvalue weighted by atomic mass is 10.1. The molecule has 11 heteroatoms. The highest BCUT2D eigenvalue weighted by molar-refractivity contribution is 7.89. The topological polar surface area (TPSA) is 88.9 Å². The zero-order chi connectivity index (χ0) is 21.0. The van der Waals surface area contributed by atoms with E-state index in [2.05, 4.69) is 20.1 Å². The van der Waals surface area contributed by atoms with Gasteiger partial charge in [0.2, 0.25) is 10.0 Å². The Bertz CT molecular complexity index is 1090. The van der Waals surface area contributed by atoms with Crippen LogP contribution in [-0.2, 0) is 10.0 Å². The van der Waals surface area contributed by atoms with Crippen LogP contribution in [0.25, 0.3) is 22.5 Å². The number of aromatic nitrogens is 3. The van der Waals surface area contributed by atoms with Crippen molar-refractivity contribution >= 4 is 15.7 Å². The molecule has 0 unspecified atom stereocenters. The fourth-order valence-electron chi connectivity index (χ4n) is 2.60. The van der Waals surface area contributed by atoms with E-state index in [0.717, 1.165) is 6.20 Å². The third-order valence-corrected chi connectivity index (χ3v) is 5.49. The SMILES string of the molecule is CNS(=O)(=O)CCNc1cnc(-c2ccc(F)cc2)cc1-c1ccn(C(F)F)n1. The Kier molecular flexibility index (Phi) is 6.18. The Hall–Kier alpha value is -2.92. The third-order valence-electron chi connectivity index (χ3n) is 4.13. The average Bonchev–Trinajstić information content (AvgIpc) is 3.19. The van der Waals surface area contributed by atoms with E-state index in [9.17, 15) is 21.6 Å². The maximum Gasteiger partial charge on any atom is 0.333 e. The molecule has 0 saturated heterocycles. The van der Waals surface area contributed by atoms with Gasteiger partial charge >= 0.3 is 6.55 Å². The van der Waals surface area contributed by atoms with Gasteiger partial charge in [0.05, 0.1) is 29.0 Å². The quantitative estimate of drug-likeness (QED) is 0.579. The number of nitrogens with zero attached hydrogens (tertiary/aromatic N) is 3. The predicted molar refractivity (Wildman–Crippen MR) is 103 cm³/mol. The van der Waals surface area contributed by atoms with E-state index < -0.39 is 22.4 Å². The molecule has 2 aromatic heterocycles. The lowest BCUT2D eigenvalue weighted by Crippen LogP contribution is -2.26. The molecule has 0 radical (unpaired) electrons. The molecule has 29 heavy (non-hydrogen) atoms. The number of pyridine rings is 1. The molecular weight excluding hydrogens is 407 g/mol. The van der Waals surface area contributed by atoms with E-state index in [-0.39, 0.29) is 18.0 Å². The van der Waals surface area contributed by atoms with Crippen LogP contribution < -0.4 is 10.0 Å². The van der Waals surface area contributed by atoms with Gasteiger partial charge in [-0.05, 0) is 43.4 Å². The molecule has 7 nitrogen and oxygen atoms in total. The number of anilines is 1. The Balaban J connectivity index is 1.96. The first-order valence-corrected chi connectivity index (χ1v) is 10.2. The van der Waals surface area contributed by atoms with E-state index in [1.807, 2.05) is 0 Å². The summed E-state index contributed by atoms with van der Waals surface area (Å²) in [5.74, 6) is -0.581. The van der Waals surface area contributed by atoms with E-state index in [4.69, 9.17) is 0 Å². The lowest BCUT2D eigenvalue weighted by molar-refractivity contribution is 0.0568. The number of nitrogens with one attached hydrogen (secondary N) is 2. The zero-order valence-electron chi connectivity index (χ0n) is 15.3. The van der Waals surface area contributed by atoms with Crippen LogP contribution in [0.4, 0.5) is 18.9 Å². The molecule has 0 spiro atoms. The molecule has 0 fully saturated rings. The first kappa shape index (κ1) is 20.8. The number of alkyl halides is 2. The van der Waals surface area contributed by atoms with Crippen LogP contribution in [-0.4, -0.2) is 42.5 Å². The van der Waals surface area contributed by atoms with Crippen LogP contribution in [0.1, 0.15) is 6.55 Å². The van der Waals surface area contributed by atoms with Crippen LogP contribution in [0.5, 0.6) is 0 Å². The summed E-state index contributed by atoms with van der Waals surface area (Å²) in [4.78, 5) is 4.31. The molecule has 1 aromatic carbocycles. The fraction of sp³-hybridized carbons (Fsp3) is 0.222. The highest BCUT2D eigenvalue weighted by atomic mass is 32.2. The van der Waals surface area contributed by atoms with Crippen molar-refractivity contribution in [2.24, 2.45) is 0 Å². The summed E-state index contributed by atoms with van der Waals surface area (Å²) in [6.07, 6.45) is 2.61. The smallest absolute Gasteiger partial charge is 0.333 e. The molecule has 0 atom stereocenters. The zero-order valence-corrected chi connectivity index (χ0v) is 16.1. The number of halogens is 3. The summed E-state index contributed by atoms with van der Waals surface area (Å²) >= 11 is 0. The maximum atomic E-state index is 13.2. The summed E-state index contributed by atoms with van der Waals surface area (Å²) in [5.41, 5.74) is 2.27. The summed E-state index contributed by atoms with van der Waals surface area (Å²) in [6.45, 7) is -2.72. The van der Waals surface area contributed by atoms with E-state index in [1.54, 1.807) is 18.2 Å². The fourth-order valence-corrected chi connectivity index (χ4v) is 3.17. The number of sulfonamides is 1. The number of benzene rings is 1. The van der Waals surface area contributed by atoms with Crippen molar-refractivity contribution in [1.29, 1.82) is 0 Å². The molecule has 154 valence electrons. The molecule has 3 rings (SSSR count). The van der Waals surface area contributed by atoms with Crippen molar-refractivity contribution in [3.8, 4) is 22.5 Å². The summed E-state index contributed by atoms with van der Waals surface area (Å²) in [7, 11) is -2.10. The van der Waals surface area contributed by atoms with E-state index >= 15 is 0 Å². The van der Waals surface area contributed by atoms with Crippen molar-refractivity contribution in [2.45, 2.75) is 6.55 Å². The summed E-state index contributed by atoms with van der Waals surface area (Å²) in [5, 5.41) is 6.82. The van der Waals surface area contributed by atoms with Gasteiger partial charge in [-0.1, -0.05) is 0 Å². The second kappa shape index (κ2) is 8.62. The number of hydrogen-bond acceptors (Lipinski definition) is 5. The molecular formula is C18H18F3N5O2S. The average molecular weight is 425 g/mol. The van der Waals surface area contributed by atoms with Crippen molar-refractivity contribution in [3.63, 3.8) is 0 Å². The van der Waals surface area contributed by atoms with Crippen LogP contribution in [0, 0.1) is 5.82 Å². The van der Waals surface area contributed by atoms with Crippen molar-refractivity contribution in [3.05, 3.63) is 54.6 Å². The van der Waals surface area contributed by atoms with Gasteiger partial charge in [-0.3, -0.25) is 4.98 Å². The second-order valence-electron chi connectivity index (χ2n) is 6.03. The Morgan fingerprint density at radius 3 is 2.48 bits per heavy atom. The third kappa shape index (κ3) is 5.12. The minimum atomic E-state index is -3.42. The first-order chi connectivity index (χ1) is 13.8. The molecule has 2 N–H and O–H groups in total. The molecule has 2 heterocycles. The Morgan fingerprint density at radius 1 is 1.14 bits per heavy atom. The normalized spacial score (nSPS) is 11.8. The molecule has 0 saturated carbocycles. The highest BCUT2D eigenvalue weighted by Gasteiger charge is 2.15. The summed E-state index contributed by atoms with van der Waals surface area (Å²) < 4.78 is 64.9. The van der Waals surface area contributed by atoms with E-state index in [1.165, 1.54) is 31.4 Å².